The van der Waals surface area contributed by atoms with E-state index in [4.69, 9.17) is 0 Å². The number of aryl methyl sites for hydroxylation is 2. The number of rotatable bonds is 5. The number of likely N-dealkylation sites (N-methyl/N-ethyl adjacent to an activating group) is 1. The van der Waals surface area contributed by atoms with Gasteiger partial charge in [0.15, 0.2) is 0 Å². The average Bonchev–Trinajstić information content (AvgIpc) is 3.20. The number of anilines is 1. The molecule has 0 spiro atoms. The second kappa shape index (κ2) is 9.42. The van der Waals surface area contributed by atoms with Crippen molar-refractivity contribution in [3.8, 4) is 0 Å². The number of carbonyl (C=O) groups is 3. The van der Waals surface area contributed by atoms with Crippen LogP contribution in [0.2, 0.25) is 0 Å². The minimum Gasteiger partial charge on any atom is -0.335 e. The largest absolute Gasteiger partial charge is 0.335 e. The molecular formula is C23H33N3O3. The molecule has 1 heterocycles. The van der Waals surface area contributed by atoms with Gasteiger partial charge in [0.25, 0.3) is 0 Å². The third-order valence-corrected chi connectivity index (χ3v) is 6.28. The molecule has 1 aromatic rings. The molecule has 0 aromatic heterocycles. The van der Waals surface area contributed by atoms with Gasteiger partial charge >= 0.3 is 0 Å². The van der Waals surface area contributed by atoms with Crippen molar-refractivity contribution in [1.82, 2.24) is 9.80 Å². The van der Waals surface area contributed by atoms with Crippen LogP contribution in [0.1, 0.15) is 56.1 Å². The number of para-hydroxylation sites is 1. The molecule has 1 atom stereocenters. The van der Waals surface area contributed by atoms with Crippen LogP contribution in [0.3, 0.4) is 0 Å². The van der Waals surface area contributed by atoms with Gasteiger partial charge in [0.2, 0.25) is 17.7 Å². The lowest BCUT2D eigenvalue weighted by Crippen LogP contribution is -2.49. The highest BCUT2D eigenvalue weighted by atomic mass is 16.2. The van der Waals surface area contributed by atoms with Gasteiger partial charge in [-0.25, -0.2) is 0 Å². The molecule has 1 aliphatic carbocycles. The van der Waals surface area contributed by atoms with E-state index in [9.17, 15) is 14.4 Å². The van der Waals surface area contributed by atoms with Crippen molar-refractivity contribution in [2.75, 3.05) is 25.5 Å². The molecule has 1 aromatic carbocycles. The maximum atomic E-state index is 13.0. The third kappa shape index (κ3) is 4.98. The zero-order valence-electron chi connectivity index (χ0n) is 17.9. The standard InChI is InChI=1S/C23H33N3O3/c1-16-9-7-10-17(2)21(16)24-20(27)15-25(3)23(29)19-13-8-14-26(19)22(28)18-11-5-4-6-12-18/h7,9-10,18-19H,4-6,8,11-15H2,1-3H3,(H,24,27). The van der Waals surface area contributed by atoms with Crippen LogP contribution in [-0.2, 0) is 14.4 Å². The molecule has 0 radical (unpaired) electrons. The highest BCUT2D eigenvalue weighted by molar-refractivity contribution is 5.97. The lowest BCUT2D eigenvalue weighted by Gasteiger charge is -2.31. The number of nitrogens with one attached hydrogen (secondary N) is 1. The fourth-order valence-electron chi connectivity index (χ4n) is 4.61. The monoisotopic (exact) mass is 399 g/mol. The summed E-state index contributed by atoms with van der Waals surface area (Å²) in [7, 11) is 1.65. The second-order valence-electron chi connectivity index (χ2n) is 8.53. The third-order valence-electron chi connectivity index (χ3n) is 6.28. The molecule has 158 valence electrons. The van der Waals surface area contributed by atoms with E-state index in [-0.39, 0.29) is 30.2 Å². The molecule has 3 amide bonds. The number of hydrogen-bond acceptors (Lipinski definition) is 3. The smallest absolute Gasteiger partial charge is 0.245 e. The van der Waals surface area contributed by atoms with E-state index in [1.807, 2.05) is 32.0 Å². The van der Waals surface area contributed by atoms with Crippen LogP contribution < -0.4 is 5.32 Å². The van der Waals surface area contributed by atoms with Crippen molar-refractivity contribution in [3.63, 3.8) is 0 Å². The predicted molar refractivity (Wildman–Crippen MR) is 113 cm³/mol. The van der Waals surface area contributed by atoms with E-state index < -0.39 is 6.04 Å². The molecule has 29 heavy (non-hydrogen) atoms. The summed E-state index contributed by atoms with van der Waals surface area (Å²) in [5.41, 5.74) is 2.79. The molecular weight excluding hydrogens is 366 g/mol. The molecule has 1 aliphatic heterocycles. The Hall–Kier alpha value is -2.37. The van der Waals surface area contributed by atoms with Crippen LogP contribution in [0.25, 0.3) is 0 Å². The van der Waals surface area contributed by atoms with Crippen molar-refractivity contribution in [2.24, 2.45) is 5.92 Å². The quantitative estimate of drug-likeness (QED) is 0.826. The summed E-state index contributed by atoms with van der Waals surface area (Å²) in [5.74, 6) is -0.159. The van der Waals surface area contributed by atoms with Gasteiger partial charge in [-0.1, -0.05) is 37.5 Å². The first-order valence-electron chi connectivity index (χ1n) is 10.8. The summed E-state index contributed by atoms with van der Waals surface area (Å²) in [6.07, 6.45) is 6.79. The predicted octanol–water partition coefficient (Wildman–Crippen LogP) is 3.27. The summed E-state index contributed by atoms with van der Waals surface area (Å²) in [4.78, 5) is 41.7. The zero-order valence-corrected chi connectivity index (χ0v) is 17.9. The minimum atomic E-state index is -0.428. The van der Waals surface area contributed by atoms with Crippen molar-refractivity contribution in [3.05, 3.63) is 29.3 Å². The molecule has 6 nitrogen and oxygen atoms in total. The van der Waals surface area contributed by atoms with Crippen molar-refractivity contribution >= 4 is 23.4 Å². The summed E-state index contributed by atoms with van der Waals surface area (Å²) in [5, 5.41) is 2.93. The Labute approximate surface area is 173 Å². The maximum Gasteiger partial charge on any atom is 0.245 e. The van der Waals surface area contributed by atoms with E-state index in [0.717, 1.165) is 48.9 Å². The first kappa shape index (κ1) is 21.3. The van der Waals surface area contributed by atoms with Gasteiger partial charge in [0, 0.05) is 25.2 Å². The summed E-state index contributed by atoms with van der Waals surface area (Å²) in [6, 6.07) is 5.42. The summed E-state index contributed by atoms with van der Waals surface area (Å²) < 4.78 is 0. The number of nitrogens with zero attached hydrogens (tertiary/aromatic N) is 2. The van der Waals surface area contributed by atoms with Gasteiger partial charge in [0.05, 0.1) is 6.54 Å². The molecule has 0 bridgehead atoms. The van der Waals surface area contributed by atoms with Crippen LogP contribution >= 0.6 is 0 Å². The zero-order chi connectivity index (χ0) is 21.0. The summed E-state index contributed by atoms with van der Waals surface area (Å²) >= 11 is 0. The van der Waals surface area contributed by atoms with E-state index in [1.165, 1.54) is 11.3 Å². The molecule has 2 aliphatic rings. The number of carbonyl (C=O) groups excluding carboxylic acids is 3. The molecule has 1 saturated heterocycles. The number of benzene rings is 1. The maximum absolute atomic E-state index is 13.0. The fraction of sp³-hybridized carbons (Fsp3) is 0.609. The van der Waals surface area contributed by atoms with Crippen LogP contribution in [-0.4, -0.2) is 53.7 Å². The molecule has 6 heteroatoms. The Kier molecular flexibility index (Phi) is 6.93. The van der Waals surface area contributed by atoms with Crippen molar-refractivity contribution < 1.29 is 14.4 Å². The first-order valence-corrected chi connectivity index (χ1v) is 10.8. The van der Waals surface area contributed by atoms with Gasteiger partial charge < -0.3 is 15.1 Å². The van der Waals surface area contributed by atoms with E-state index in [1.54, 1.807) is 11.9 Å². The van der Waals surface area contributed by atoms with Crippen LogP contribution in [0.15, 0.2) is 18.2 Å². The lowest BCUT2D eigenvalue weighted by molar-refractivity contribution is -0.146. The molecule has 2 fully saturated rings. The van der Waals surface area contributed by atoms with E-state index >= 15 is 0 Å². The highest BCUT2D eigenvalue weighted by Crippen LogP contribution is 2.29. The Balaban J connectivity index is 1.59. The summed E-state index contributed by atoms with van der Waals surface area (Å²) in [6.45, 7) is 4.53. The highest BCUT2D eigenvalue weighted by Gasteiger charge is 2.38. The van der Waals surface area contributed by atoms with Crippen molar-refractivity contribution in [2.45, 2.75) is 64.8 Å². The van der Waals surface area contributed by atoms with Gasteiger partial charge in [-0.05, 0) is 50.7 Å². The topological polar surface area (TPSA) is 69.7 Å². The minimum absolute atomic E-state index is 0.0193. The Bertz CT molecular complexity index is 750. The average molecular weight is 400 g/mol. The molecule has 1 saturated carbocycles. The van der Waals surface area contributed by atoms with Gasteiger partial charge in [-0.15, -0.1) is 0 Å². The van der Waals surface area contributed by atoms with Crippen LogP contribution in [0.5, 0.6) is 0 Å². The SMILES string of the molecule is Cc1cccc(C)c1NC(=O)CN(C)C(=O)C1CCCN1C(=O)C1CCCCC1. The van der Waals surface area contributed by atoms with Gasteiger partial charge in [-0.2, -0.15) is 0 Å². The van der Waals surface area contributed by atoms with Crippen LogP contribution in [0, 0.1) is 19.8 Å². The van der Waals surface area contributed by atoms with Gasteiger partial charge in [-0.3, -0.25) is 14.4 Å². The number of likely N-dealkylation sites (tertiary alicyclic amines) is 1. The van der Waals surface area contributed by atoms with Crippen LogP contribution in [0.4, 0.5) is 5.69 Å². The number of hydrogen-bond donors (Lipinski definition) is 1. The Morgan fingerprint density at radius 3 is 2.34 bits per heavy atom. The van der Waals surface area contributed by atoms with E-state index in [2.05, 4.69) is 5.32 Å². The van der Waals surface area contributed by atoms with Gasteiger partial charge in [0.1, 0.15) is 6.04 Å². The Morgan fingerprint density at radius 1 is 1.03 bits per heavy atom. The molecule has 1 N–H and O–H groups in total. The Morgan fingerprint density at radius 2 is 1.69 bits per heavy atom. The second-order valence-corrected chi connectivity index (χ2v) is 8.53. The first-order chi connectivity index (χ1) is 13.9. The lowest BCUT2D eigenvalue weighted by atomic mass is 9.88. The normalized spacial score (nSPS) is 19.8. The van der Waals surface area contributed by atoms with E-state index in [0.29, 0.717) is 13.0 Å². The molecule has 3 rings (SSSR count). The number of amides is 3. The molecule has 1 unspecified atom stereocenters. The van der Waals surface area contributed by atoms with Crippen molar-refractivity contribution in [1.29, 1.82) is 0 Å². The fourth-order valence-corrected chi connectivity index (χ4v) is 4.61.